The Kier molecular flexibility index (Phi) is 4.45. The van der Waals surface area contributed by atoms with Crippen LogP contribution in [0.15, 0.2) is 0 Å². The molecule has 5 nitrogen and oxygen atoms in total. The molecule has 4 atom stereocenters. The summed E-state index contributed by atoms with van der Waals surface area (Å²) in [6.07, 6.45) is 4.21. The number of carbonyl (C=O) groups is 2. The Morgan fingerprint density at radius 3 is 2.63 bits per heavy atom. The van der Waals surface area contributed by atoms with Crippen molar-refractivity contribution in [1.29, 1.82) is 0 Å². The first-order valence-electron chi connectivity index (χ1n) is 7.28. The predicted octanol–water partition coefficient (Wildman–Crippen LogP) is 1.07. The minimum atomic E-state index is -0.736. The third-order valence-corrected chi connectivity index (χ3v) is 4.79. The van der Waals surface area contributed by atoms with Gasteiger partial charge < -0.3 is 15.7 Å². The average molecular weight is 268 g/mol. The number of likely N-dealkylation sites (tertiary alicyclic amines) is 1. The number of amides is 1. The van der Waals surface area contributed by atoms with E-state index in [9.17, 15) is 9.59 Å². The van der Waals surface area contributed by atoms with Crippen LogP contribution in [0.5, 0.6) is 0 Å². The molecule has 2 rings (SSSR count). The molecule has 4 unspecified atom stereocenters. The van der Waals surface area contributed by atoms with E-state index in [1.165, 1.54) is 0 Å². The van der Waals surface area contributed by atoms with Crippen LogP contribution < -0.4 is 5.73 Å². The molecular formula is C14H24N2O3. The first-order chi connectivity index (χ1) is 9.04. The van der Waals surface area contributed by atoms with E-state index in [2.05, 4.69) is 0 Å². The maximum atomic E-state index is 12.6. The highest BCUT2D eigenvalue weighted by Gasteiger charge is 2.39. The molecule has 0 aromatic rings. The zero-order chi connectivity index (χ0) is 14.0. The highest BCUT2D eigenvalue weighted by Crippen LogP contribution is 2.34. The van der Waals surface area contributed by atoms with Crippen LogP contribution in [0.1, 0.15) is 39.0 Å². The van der Waals surface area contributed by atoms with Crippen molar-refractivity contribution in [2.24, 2.45) is 23.5 Å². The molecule has 1 heterocycles. The van der Waals surface area contributed by atoms with Crippen molar-refractivity contribution < 1.29 is 14.7 Å². The van der Waals surface area contributed by atoms with Gasteiger partial charge in [-0.15, -0.1) is 0 Å². The second-order valence-electron chi connectivity index (χ2n) is 5.97. The Morgan fingerprint density at radius 1 is 1.32 bits per heavy atom. The summed E-state index contributed by atoms with van der Waals surface area (Å²) in [5.74, 6) is -0.456. The van der Waals surface area contributed by atoms with E-state index in [1.807, 2.05) is 11.8 Å². The lowest BCUT2D eigenvalue weighted by atomic mass is 9.88. The maximum Gasteiger partial charge on any atom is 0.306 e. The van der Waals surface area contributed by atoms with Gasteiger partial charge in [-0.2, -0.15) is 0 Å². The van der Waals surface area contributed by atoms with Crippen LogP contribution in [0.2, 0.25) is 0 Å². The van der Waals surface area contributed by atoms with Crippen molar-refractivity contribution in [2.75, 3.05) is 13.1 Å². The fourth-order valence-corrected chi connectivity index (χ4v) is 3.58. The van der Waals surface area contributed by atoms with E-state index in [0.29, 0.717) is 31.8 Å². The number of carbonyl (C=O) groups excluding carboxylic acids is 1. The van der Waals surface area contributed by atoms with E-state index < -0.39 is 5.97 Å². The number of carboxylic acid groups (broad SMARTS) is 1. The van der Waals surface area contributed by atoms with Crippen LogP contribution in [0.4, 0.5) is 0 Å². The second kappa shape index (κ2) is 5.90. The van der Waals surface area contributed by atoms with E-state index in [0.717, 1.165) is 19.3 Å². The summed E-state index contributed by atoms with van der Waals surface area (Å²) >= 11 is 0. The van der Waals surface area contributed by atoms with Crippen LogP contribution in [0.25, 0.3) is 0 Å². The molecule has 108 valence electrons. The number of aliphatic carboxylic acids is 1. The monoisotopic (exact) mass is 268 g/mol. The maximum absolute atomic E-state index is 12.6. The normalized spacial score (nSPS) is 35.4. The van der Waals surface area contributed by atoms with Crippen LogP contribution in [0, 0.1) is 17.8 Å². The number of rotatable bonds is 3. The second-order valence-corrected chi connectivity index (χ2v) is 5.97. The minimum Gasteiger partial charge on any atom is -0.481 e. The number of hydrogen-bond donors (Lipinski definition) is 2. The van der Waals surface area contributed by atoms with Gasteiger partial charge in [0.15, 0.2) is 0 Å². The largest absolute Gasteiger partial charge is 0.481 e. The molecule has 0 aromatic carbocycles. The molecular weight excluding hydrogens is 244 g/mol. The molecule has 0 radical (unpaired) electrons. The first-order valence-corrected chi connectivity index (χ1v) is 7.28. The summed E-state index contributed by atoms with van der Waals surface area (Å²) in [5.41, 5.74) is 5.74. The summed E-state index contributed by atoms with van der Waals surface area (Å²) < 4.78 is 0. The van der Waals surface area contributed by atoms with E-state index in [4.69, 9.17) is 10.8 Å². The van der Waals surface area contributed by atoms with Crippen molar-refractivity contribution in [3.05, 3.63) is 0 Å². The third kappa shape index (κ3) is 2.91. The third-order valence-electron chi connectivity index (χ3n) is 4.79. The fraction of sp³-hybridized carbons (Fsp3) is 0.857. The quantitative estimate of drug-likeness (QED) is 0.802. The molecule has 2 fully saturated rings. The smallest absolute Gasteiger partial charge is 0.306 e. The first kappa shape index (κ1) is 14.3. The molecule has 1 amide bonds. The standard InChI is InChI=1S/C14H24N2O3/c1-9-7-10(14(18)19)5-6-16(9)13(17)12-4-2-3-11(12)8-15/h9-12H,2-8,15H2,1H3,(H,18,19). The van der Waals surface area contributed by atoms with Gasteiger partial charge >= 0.3 is 5.97 Å². The molecule has 1 aliphatic carbocycles. The summed E-state index contributed by atoms with van der Waals surface area (Å²) in [6.45, 7) is 3.11. The summed E-state index contributed by atoms with van der Waals surface area (Å²) in [6, 6.07) is 0.0291. The van der Waals surface area contributed by atoms with Crippen LogP contribution in [-0.4, -0.2) is 41.0 Å². The molecule has 1 saturated carbocycles. The SMILES string of the molecule is CC1CC(C(=O)O)CCN1C(=O)C1CCCC1CN. The summed E-state index contributed by atoms with van der Waals surface area (Å²) in [4.78, 5) is 25.5. The van der Waals surface area contributed by atoms with Gasteiger partial charge in [0.2, 0.25) is 5.91 Å². The van der Waals surface area contributed by atoms with Gasteiger partial charge in [0.25, 0.3) is 0 Å². The summed E-state index contributed by atoms with van der Waals surface area (Å²) in [7, 11) is 0. The Morgan fingerprint density at radius 2 is 2.05 bits per heavy atom. The van der Waals surface area contributed by atoms with Crippen LogP contribution >= 0.6 is 0 Å². The molecule has 2 aliphatic rings. The van der Waals surface area contributed by atoms with Crippen molar-refractivity contribution in [3.8, 4) is 0 Å². The zero-order valence-corrected chi connectivity index (χ0v) is 11.5. The predicted molar refractivity (Wildman–Crippen MR) is 71.4 cm³/mol. The molecule has 5 heteroatoms. The topological polar surface area (TPSA) is 83.6 Å². The van der Waals surface area contributed by atoms with Gasteiger partial charge in [-0.3, -0.25) is 9.59 Å². The number of nitrogens with two attached hydrogens (primary N) is 1. The lowest BCUT2D eigenvalue weighted by Crippen LogP contribution is -2.49. The van der Waals surface area contributed by atoms with E-state index in [-0.39, 0.29) is 23.8 Å². The van der Waals surface area contributed by atoms with Gasteiger partial charge in [0, 0.05) is 18.5 Å². The molecule has 1 saturated heterocycles. The number of carboxylic acids is 1. The number of nitrogens with zero attached hydrogens (tertiary/aromatic N) is 1. The highest BCUT2D eigenvalue weighted by atomic mass is 16.4. The van der Waals surface area contributed by atoms with Crippen molar-refractivity contribution in [3.63, 3.8) is 0 Å². The van der Waals surface area contributed by atoms with E-state index in [1.54, 1.807) is 0 Å². The van der Waals surface area contributed by atoms with Crippen LogP contribution in [0.3, 0.4) is 0 Å². The Labute approximate surface area is 114 Å². The van der Waals surface area contributed by atoms with E-state index >= 15 is 0 Å². The minimum absolute atomic E-state index is 0.0291. The average Bonchev–Trinajstić information content (AvgIpc) is 2.85. The van der Waals surface area contributed by atoms with Gasteiger partial charge in [0.05, 0.1) is 5.92 Å². The molecule has 0 aromatic heterocycles. The number of piperidine rings is 1. The van der Waals surface area contributed by atoms with Gasteiger partial charge in [-0.05, 0) is 45.1 Å². The Bertz CT molecular complexity index is 359. The fourth-order valence-electron chi connectivity index (χ4n) is 3.58. The highest BCUT2D eigenvalue weighted by molar-refractivity contribution is 5.80. The molecule has 3 N–H and O–H groups in total. The lowest BCUT2D eigenvalue weighted by Gasteiger charge is -2.38. The molecule has 19 heavy (non-hydrogen) atoms. The molecule has 0 spiro atoms. The van der Waals surface area contributed by atoms with Crippen LogP contribution in [-0.2, 0) is 9.59 Å². The van der Waals surface area contributed by atoms with Crippen molar-refractivity contribution >= 4 is 11.9 Å². The Balaban J connectivity index is 1.98. The van der Waals surface area contributed by atoms with Gasteiger partial charge in [-0.1, -0.05) is 6.42 Å². The van der Waals surface area contributed by atoms with Gasteiger partial charge in [0.1, 0.15) is 0 Å². The zero-order valence-electron chi connectivity index (χ0n) is 11.5. The lowest BCUT2D eigenvalue weighted by molar-refractivity contribution is -0.149. The summed E-state index contributed by atoms with van der Waals surface area (Å²) in [5, 5.41) is 9.05. The number of hydrogen-bond acceptors (Lipinski definition) is 3. The molecule has 1 aliphatic heterocycles. The van der Waals surface area contributed by atoms with Gasteiger partial charge in [-0.25, -0.2) is 0 Å². The molecule has 0 bridgehead atoms. The van der Waals surface area contributed by atoms with Crippen molar-refractivity contribution in [2.45, 2.75) is 45.1 Å². The Hall–Kier alpha value is -1.10. The van der Waals surface area contributed by atoms with Crippen molar-refractivity contribution in [1.82, 2.24) is 4.90 Å².